The van der Waals surface area contributed by atoms with Crippen LogP contribution >= 0.6 is 0 Å². The number of ether oxygens (including phenoxy) is 2. The first kappa shape index (κ1) is 16.3. The first-order valence-corrected chi connectivity index (χ1v) is 6.17. The van der Waals surface area contributed by atoms with Crippen molar-refractivity contribution in [3.8, 4) is 5.75 Å². The molecule has 1 aromatic rings. The second kappa shape index (κ2) is 8.41. The fourth-order valence-electron chi connectivity index (χ4n) is 1.46. The molecule has 1 unspecified atom stereocenters. The van der Waals surface area contributed by atoms with Gasteiger partial charge in [-0.25, -0.2) is 0 Å². The zero-order chi connectivity index (χ0) is 15.0. The summed E-state index contributed by atoms with van der Waals surface area (Å²) in [5, 5.41) is 23.5. The number of hydrogen-bond acceptors (Lipinski definition) is 7. The van der Waals surface area contributed by atoms with Crippen LogP contribution in [0.15, 0.2) is 12.1 Å². The van der Waals surface area contributed by atoms with Crippen molar-refractivity contribution in [2.45, 2.75) is 13.0 Å². The van der Waals surface area contributed by atoms with E-state index in [0.29, 0.717) is 25.4 Å². The Morgan fingerprint density at radius 3 is 2.95 bits per heavy atom. The lowest BCUT2D eigenvalue weighted by Crippen LogP contribution is -2.33. The first-order valence-electron chi connectivity index (χ1n) is 6.17. The van der Waals surface area contributed by atoms with E-state index >= 15 is 0 Å². The highest BCUT2D eigenvalue weighted by atomic mass is 16.6. The lowest BCUT2D eigenvalue weighted by molar-refractivity contribution is -0.390. The molecule has 0 saturated heterocycles. The van der Waals surface area contributed by atoms with Gasteiger partial charge in [0, 0.05) is 27.1 Å². The number of aliphatic hydroxyl groups is 1. The SMILES string of the molecule is COCCNCC(O)COc1ccc(C)nc1[N+](=O)[O-]. The topological polar surface area (TPSA) is 107 Å². The molecule has 112 valence electrons. The van der Waals surface area contributed by atoms with Crippen LogP contribution in [0, 0.1) is 17.0 Å². The second-order valence-electron chi connectivity index (χ2n) is 4.19. The van der Waals surface area contributed by atoms with Crippen LogP contribution in [0.2, 0.25) is 0 Å². The van der Waals surface area contributed by atoms with E-state index in [4.69, 9.17) is 9.47 Å². The monoisotopic (exact) mass is 285 g/mol. The molecule has 8 heteroatoms. The van der Waals surface area contributed by atoms with Gasteiger partial charge in [-0.2, -0.15) is 0 Å². The Hall–Kier alpha value is -1.77. The Morgan fingerprint density at radius 2 is 2.30 bits per heavy atom. The number of rotatable bonds is 9. The summed E-state index contributed by atoms with van der Waals surface area (Å²) in [6, 6.07) is 3.09. The molecule has 1 atom stereocenters. The lowest BCUT2D eigenvalue weighted by Gasteiger charge is -2.13. The standard InChI is InChI=1S/C12H19N3O5/c1-9-3-4-11(12(14-9)15(17)18)20-8-10(16)7-13-5-6-19-2/h3-4,10,13,16H,5-8H2,1-2H3. The van der Waals surface area contributed by atoms with Gasteiger partial charge < -0.3 is 30.0 Å². The van der Waals surface area contributed by atoms with Gasteiger partial charge in [-0.3, -0.25) is 0 Å². The summed E-state index contributed by atoms with van der Waals surface area (Å²) in [6.45, 7) is 3.08. The minimum atomic E-state index is -0.771. The van der Waals surface area contributed by atoms with Gasteiger partial charge in [0.05, 0.1) is 6.61 Å². The van der Waals surface area contributed by atoms with Crippen LogP contribution in [0.4, 0.5) is 5.82 Å². The van der Waals surface area contributed by atoms with Gasteiger partial charge in [0.15, 0.2) is 0 Å². The molecule has 2 N–H and O–H groups in total. The van der Waals surface area contributed by atoms with Crippen LogP contribution in [0.1, 0.15) is 5.69 Å². The van der Waals surface area contributed by atoms with Gasteiger partial charge in [0.25, 0.3) is 0 Å². The minimum absolute atomic E-state index is 0.0500. The number of nitro groups is 1. The molecule has 0 saturated carbocycles. The molecule has 0 aromatic carbocycles. The molecule has 1 aromatic heterocycles. The largest absolute Gasteiger partial charge is 0.483 e. The van der Waals surface area contributed by atoms with Crippen LogP contribution in [0.5, 0.6) is 5.75 Å². The summed E-state index contributed by atoms with van der Waals surface area (Å²) in [5.41, 5.74) is 0.533. The van der Waals surface area contributed by atoms with E-state index in [1.165, 1.54) is 6.07 Å². The number of nitrogens with zero attached hydrogens (tertiary/aromatic N) is 2. The lowest BCUT2D eigenvalue weighted by atomic mass is 10.3. The van der Waals surface area contributed by atoms with Gasteiger partial charge in [0.1, 0.15) is 18.4 Å². The molecule has 0 amide bonds. The average Bonchev–Trinajstić information content (AvgIpc) is 2.42. The molecule has 8 nitrogen and oxygen atoms in total. The van der Waals surface area contributed by atoms with E-state index in [1.54, 1.807) is 20.1 Å². The van der Waals surface area contributed by atoms with Gasteiger partial charge in [-0.15, -0.1) is 0 Å². The molecule has 1 heterocycles. The van der Waals surface area contributed by atoms with Crippen molar-refractivity contribution in [1.82, 2.24) is 10.3 Å². The van der Waals surface area contributed by atoms with E-state index in [0.717, 1.165) is 0 Å². The number of aromatic nitrogens is 1. The molecule has 0 aliphatic heterocycles. The van der Waals surface area contributed by atoms with E-state index in [-0.39, 0.29) is 18.2 Å². The van der Waals surface area contributed by atoms with Crippen LogP contribution in [-0.4, -0.2) is 54.5 Å². The Kier molecular flexibility index (Phi) is 6.85. The highest BCUT2D eigenvalue weighted by Crippen LogP contribution is 2.24. The fraction of sp³-hybridized carbons (Fsp3) is 0.583. The van der Waals surface area contributed by atoms with Crippen molar-refractivity contribution in [3.63, 3.8) is 0 Å². The summed E-state index contributed by atoms with van der Waals surface area (Å²) >= 11 is 0. The van der Waals surface area contributed by atoms with Gasteiger partial charge >= 0.3 is 5.82 Å². The predicted octanol–water partition coefficient (Wildman–Crippen LogP) is 0.274. The third-order valence-corrected chi connectivity index (χ3v) is 2.45. The highest BCUT2D eigenvalue weighted by Gasteiger charge is 2.18. The van der Waals surface area contributed by atoms with Crippen molar-refractivity contribution in [3.05, 3.63) is 27.9 Å². The summed E-state index contributed by atoms with van der Waals surface area (Å²) in [4.78, 5) is 14.0. The fourth-order valence-corrected chi connectivity index (χ4v) is 1.46. The Bertz CT molecular complexity index is 441. The molecular formula is C12H19N3O5. The third-order valence-electron chi connectivity index (χ3n) is 2.45. The average molecular weight is 285 g/mol. The molecule has 0 aliphatic carbocycles. The smallest absolute Gasteiger partial charge is 0.406 e. The van der Waals surface area contributed by atoms with Crippen molar-refractivity contribution < 1.29 is 19.5 Å². The van der Waals surface area contributed by atoms with Crippen LogP contribution in [0.25, 0.3) is 0 Å². The van der Waals surface area contributed by atoms with Crippen molar-refractivity contribution in [1.29, 1.82) is 0 Å². The molecule has 0 aliphatic rings. The summed E-state index contributed by atoms with van der Waals surface area (Å²) in [6.07, 6.45) is -0.771. The Morgan fingerprint density at radius 1 is 1.55 bits per heavy atom. The number of pyridine rings is 1. The number of aliphatic hydroxyl groups excluding tert-OH is 1. The predicted molar refractivity (Wildman–Crippen MR) is 71.9 cm³/mol. The zero-order valence-corrected chi connectivity index (χ0v) is 11.5. The van der Waals surface area contributed by atoms with Gasteiger partial charge in [-0.1, -0.05) is 0 Å². The first-order chi connectivity index (χ1) is 9.54. The van der Waals surface area contributed by atoms with Crippen LogP contribution in [-0.2, 0) is 4.74 Å². The Labute approximate surface area is 116 Å². The molecule has 20 heavy (non-hydrogen) atoms. The van der Waals surface area contributed by atoms with Gasteiger partial charge in [-0.05, 0) is 22.0 Å². The van der Waals surface area contributed by atoms with E-state index < -0.39 is 11.0 Å². The molecule has 0 bridgehead atoms. The summed E-state index contributed by atoms with van der Waals surface area (Å²) in [7, 11) is 1.59. The third kappa shape index (κ3) is 5.47. The van der Waals surface area contributed by atoms with E-state index in [9.17, 15) is 15.2 Å². The Balaban J connectivity index is 2.46. The second-order valence-corrected chi connectivity index (χ2v) is 4.19. The number of methoxy groups -OCH3 is 1. The van der Waals surface area contributed by atoms with E-state index in [1.807, 2.05) is 0 Å². The van der Waals surface area contributed by atoms with Crippen molar-refractivity contribution in [2.24, 2.45) is 0 Å². The van der Waals surface area contributed by atoms with Gasteiger partial charge in [0.2, 0.25) is 5.75 Å². The quantitative estimate of drug-likeness (QED) is 0.381. The van der Waals surface area contributed by atoms with Crippen molar-refractivity contribution >= 4 is 5.82 Å². The normalized spacial score (nSPS) is 12.2. The highest BCUT2D eigenvalue weighted by molar-refractivity contribution is 5.40. The minimum Gasteiger partial charge on any atom is -0.483 e. The maximum absolute atomic E-state index is 10.8. The number of nitrogens with one attached hydrogen (secondary N) is 1. The summed E-state index contributed by atoms with van der Waals surface area (Å²) in [5.74, 6) is -0.291. The molecule has 0 spiro atoms. The van der Waals surface area contributed by atoms with Crippen LogP contribution in [0.3, 0.4) is 0 Å². The molecule has 0 radical (unpaired) electrons. The zero-order valence-electron chi connectivity index (χ0n) is 11.5. The molecule has 0 fully saturated rings. The van der Waals surface area contributed by atoms with Crippen molar-refractivity contribution in [2.75, 3.05) is 33.4 Å². The molecule has 1 rings (SSSR count). The van der Waals surface area contributed by atoms with E-state index in [2.05, 4.69) is 10.3 Å². The summed E-state index contributed by atoms with van der Waals surface area (Å²) < 4.78 is 10.1. The maximum Gasteiger partial charge on any atom is 0.406 e. The van der Waals surface area contributed by atoms with Crippen LogP contribution < -0.4 is 10.1 Å². The maximum atomic E-state index is 10.8. The molecular weight excluding hydrogens is 266 g/mol. The number of hydrogen-bond donors (Lipinski definition) is 2. The number of aryl methyl sites for hydroxylation is 1.